The minimum Gasteiger partial charge on any atom is -0.494 e. The molecule has 1 heterocycles. The van der Waals surface area contributed by atoms with Crippen molar-refractivity contribution in [2.75, 3.05) is 26.4 Å². The van der Waals surface area contributed by atoms with Gasteiger partial charge in [-0.1, -0.05) is 25.0 Å². The van der Waals surface area contributed by atoms with Crippen LogP contribution < -0.4 is 15.8 Å². The maximum atomic E-state index is 12.9. The molecule has 3 rings (SSSR count). The van der Waals surface area contributed by atoms with Gasteiger partial charge in [0, 0.05) is 30.7 Å². The van der Waals surface area contributed by atoms with Gasteiger partial charge in [0.1, 0.15) is 5.75 Å². The van der Waals surface area contributed by atoms with Crippen LogP contribution in [0.15, 0.2) is 24.3 Å². The molecule has 5 heteroatoms. The minimum atomic E-state index is -0.398. The molecule has 27 heavy (non-hydrogen) atoms. The summed E-state index contributed by atoms with van der Waals surface area (Å²) < 4.78 is 11.2. The van der Waals surface area contributed by atoms with E-state index in [1.54, 1.807) is 0 Å². The summed E-state index contributed by atoms with van der Waals surface area (Å²) in [7, 11) is 0. The summed E-state index contributed by atoms with van der Waals surface area (Å²) in [5, 5.41) is 3.25. The Morgan fingerprint density at radius 2 is 1.93 bits per heavy atom. The molecule has 1 aromatic carbocycles. The van der Waals surface area contributed by atoms with E-state index in [0.29, 0.717) is 13.2 Å². The van der Waals surface area contributed by atoms with Gasteiger partial charge in [-0.05, 0) is 57.2 Å². The third-order valence-corrected chi connectivity index (χ3v) is 6.40. The van der Waals surface area contributed by atoms with Gasteiger partial charge >= 0.3 is 0 Å². The lowest BCUT2D eigenvalue weighted by Gasteiger charge is -2.40. The van der Waals surface area contributed by atoms with E-state index in [1.807, 2.05) is 26.0 Å². The second-order valence-electron chi connectivity index (χ2n) is 8.37. The number of nitrogens with two attached hydrogens (primary N) is 1. The van der Waals surface area contributed by atoms with Gasteiger partial charge in [0.05, 0.1) is 12.5 Å². The normalized spacial score (nSPS) is 27.7. The molecule has 0 radical (unpaired) electrons. The average Bonchev–Trinajstić information content (AvgIpc) is 2.67. The van der Waals surface area contributed by atoms with Crippen LogP contribution in [0, 0.1) is 5.92 Å². The standard InChI is InChI=1S/C22H34N2O3/c1-3-27-18-9-7-17(8-10-18)22(12-14-26-15-13-22)16-24-20(25)19-6-4-5-11-21(19,2)23/h7-10,19H,3-6,11-16,23H2,1-2H3,(H,24,25). The van der Waals surface area contributed by atoms with Crippen LogP contribution in [0.4, 0.5) is 0 Å². The first kappa shape index (κ1) is 20.2. The molecule has 2 atom stereocenters. The molecule has 1 aliphatic heterocycles. The fraction of sp³-hybridized carbons (Fsp3) is 0.682. The molecule has 1 aliphatic carbocycles. The number of carbonyl (C=O) groups is 1. The second kappa shape index (κ2) is 8.61. The summed E-state index contributed by atoms with van der Waals surface area (Å²) >= 11 is 0. The van der Waals surface area contributed by atoms with Gasteiger partial charge in [-0.2, -0.15) is 0 Å². The largest absolute Gasteiger partial charge is 0.494 e. The summed E-state index contributed by atoms with van der Waals surface area (Å²) in [6.07, 6.45) is 5.82. The fourth-order valence-corrected chi connectivity index (χ4v) is 4.57. The summed E-state index contributed by atoms with van der Waals surface area (Å²) in [6.45, 7) is 6.75. The molecule has 5 nitrogen and oxygen atoms in total. The number of hydrogen-bond acceptors (Lipinski definition) is 4. The topological polar surface area (TPSA) is 73.6 Å². The van der Waals surface area contributed by atoms with E-state index in [1.165, 1.54) is 5.56 Å². The van der Waals surface area contributed by atoms with E-state index in [4.69, 9.17) is 15.2 Å². The van der Waals surface area contributed by atoms with Crippen LogP contribution in [0.2, 0.25) is 0 Å². The highest BCUT2D eigenvalue weighted by Gasteiger charge is 2.40. The van der Waals surface area contributed by atoms with Crippen molar-refractivity contribution in [2.45, 2.75) is 63.3 Å². The van der Waals surface area contributed by atoms with Crippen molar-refractivity contribution in [1.29, 1.82) is 0 Å². The van der Waals surface area contributed by atoms with Crippen molar-refractivity contribution in [2.24, 2.45) is 11.7 Å². The fourth-order valence-electron chi connectivity index (χ4n) is 4.57. The highest BCUT2D eigenvalue weighted by molar-refractivity contribution is 5.80. The summed E-state index contributed by atoms with van der Waals surface area (Å²) in [5.41, 5.74) is 7.19. The van der Waals surface area contributed by atoms with E-state index in [-0.39, 0.29) is 17.2 Å². The Morgan fingerprint density at radius 1 is 1.22 bits per heavy atom. The number of amides is 1. The maximum Gasteiger partial charge on any atom is 0.224 e. The molecule has 2 fully saturated rings. The van der Waals surface area contributed by atoms with Crippen LogP contribution in [0.1, 0.15) is 57.9 Å². The lowest BCUT2D eigenvalue weighted by molar-refractivity contribution is -0.128. The predicted molar refractivity (Wildman–Crippen MR) is 107 cm³/mol. The van der Waals surface area contributed by atoms with Crippen molar-refractivity contribution < 1.29 is 14.3 Å². The van der Waals surface area contributed by atoms with Crippen LogP contribution >= 0.6 is 0 Å². The predicted octanol–water partition coefficient (Wildman–Crippen LogP) is 3.16. The average molecular weight is 375 g/mol. The first-order chi connectivity index (χ1) is 13.0. The zero-order chi connectivity index (χ0) is 19.3. The highest BCUT2D eigenvalue weighted by Crippen LogP contribution is 2.36. The Morgan fingerprint density at radius 3 is 2.56 bits per heavy atom. The van der Waals surface area contributed by atoms with Crippen LogP contribution in [-0.4, -0.2) is 37.8 Å². The third kappa shape index (κ3) is 4.64. The lowest BCUT2D eigenvalue weighted by Crippen LogP contribution is -2.54. The van der Waals surface area contributed by atoms with Crippen LogP contribution in [0.3, 0.4) is 0 Å². The number of rotatable bonds is 6. The van der Waals surface area contributed by atoms with Gasteiger partial charge in [0.2, 0.25) is 5.91 Å². The molecule has 2 unspecified atom stereocenters. The van der Waals surface area contributed by atoms with Crippen molar-refractivity contribution in [3.8, 4) is 5.75 Å². The molecule has 1 saturated heterocycles. The van der Waals surface area contributed by atoms with E-state index in [9.17, 15) is 4.79 Å². The van der Waals surface area contributed by atoms with Crippen molar-refractivity contribution >= 4 is 5.91 Å². The maximum absolute atomic E-state index is 12.9. The summed E-state index contributed by atoms with van der Waals surface area (Å²) in [4.78, 5) is 12.9. The number of ether oxygens (including phenoxy) is 2. The highest BCUT2D eigenvalue weighted by atomic mass is 16.5. The monoisotopic (exact) mass is 374 g/mol. The van der Waals surface area contributed by atoms with Crippen molar-refractivity contribution in [3.63, 3.8) is 0 Å². The molecule has 3 N–H and O–H groups in total. The molecule has 0 aromatic heterocycles. The smallest absolute Gasteiger partial charge is 0.224 e. The Balaban J connectivity index is 1.72. The Hall–Kier alpha value is -1.59. The van der Waals surface area contributed by atoms with Crippen LogP contribution in [0.25, 0.3) is 0 Å². The SMILES string of the molecule is CCOc1ccc(C2(CNC(=O)C3CCCCC3(C)N)CCOCC2)cc1. The van der Waals surface area contributed by atoms with Crippen LogP contribution in [0.5, 0.6) is 5.75 Å². The van der Waals surface area contributed by atoms with Gasteiger partial charge in [-0.25, -0.2) is 0 Å². The summed E-state index contributed by atoms with van der Waals surface area (Å²) in [6, 6.07) is 8.32. The second-order valence-corrected chi connectivity index (χ2v) is 8.37. The zero-order valence-electron chi connectivity index (χ0n) is 16.8. The quantitative estimate of drug-likeness (QED) is 0.802. The lowest BCUT2D eigenvalue weighted by atomic mass is 9.72. The van der Waals surface area contributed by atoms with Crippen molar-refractivity contribution in [1.82, 2.24) is 5.32 Å². The van der Waals surface area contributed by atoms with Gasteiger partial charge in [-0.15, -0.1) is 0 Å². The molecule has 1 aromatic rings. The number of hydrogen-bond donors (Lipinski definition) is 2. The number of benzene rings is 1. The first-order valence-corrected chi connectivity index (χ1v) is 10.3. The Kier molecular flexibility index (Phi) is 6.43. The van der Waals surface area contributed by atoms with Gasteiger partial charge in [0.25, 0.3) is 0 Å². The summed E-state index contributed by atoms with van der Waals surface area (Å²) in [5.74, 6) is 0.897. The molecule has 0 spiro atoms. The van der Waals surface area contributed by atoms with Crippen LogP contribution in [-0.2, 0) is 14.9 Å². The molecular weight excluding hydrogens is 340 g/mol. The van der Waals surface area contributed by atoms with E-state index >= 15 is 0 Å². The Bertz CT molecular complexity index is 621. The molecule has 0 bridgehead atoms. The molecular formula is C22H34N2O3. The van der Waals surface area contributed by atoms with Crippen molar-refractivity contribution in [3.05, 3.63) is 29.8 Å². The van der Waals surface area contributed by atoms with E-state index < -0.39 is 5.54 Å². The third-order valence-electron chi connectivity index (χ3n) is 6.40. The van der Waals surface area contributed by atoms with Gasteiger partial charge < -0.3 is 20.5 Å². The van der Waals surface area contributed by atoms with E-state index in [2.05, 4.69) is 17.4 Å². The number of carbonyl (C=O) groups excluding carboxylic acids is 1. The Labute approximate surface area is 163 Å². The number of nitrogens with one attached hydrogen (secondary N) is 1. The molecule has 2 aliphatic rings. The minimum absolute atomic E-state index is 0.0850. The zero-order valence-corrected chi connectivity index (χ0v) is 16.8. The van der Waals surface area contributed by atoms with Gasteiger partial charge in [0.15, 0.2) is 0 Å². The van der Waals surface area contributed by atoms with E-state index in [0.717, 1.165) is 57.5 Å². The first-order valence-electron chi connectivity index (χ1n) is 10.3. The molecule has 1 saturated carbocycles. The molecule has 1 amide bonds. The molecule has 150 valence electrons. The van der Waals surface area contributed by atoms with Gasteiger partial charge in [-0.3, -0.25) is 4.79 Å².